The number of aromatic nitrogens is 2. The van der Waals surface area contributed by atoms with Crippen LogP contribution in [0.5, 0.6) is 0 Å². The molecule has 3 heteroatoms. The van der Waals surface area contributed by atoms with E-state index >= 15 is 0 Å². The SMILES string of the molecule is CCc1cc(C2CCCCC2)c(=O)[nH]n1. The highest BCUT2D eigenvalue weighted by atomic mass is 16.1. The predicted molar refractivity (Wildman–Crippen MR) is 60.1 cm³/mol. The van der Waals surface area contributed by atoms with Crippen molar-refractivity contribution in [3.05, 3.63) is 27.7 Å². The maximum atomic E-state index is 11.7. The molecule has 3 nitrogen and oxygen atoms in total. The number of hydrogen-bond donors (Lipinski definition) is 1. The fourth-order valence-electron chi connectivity index (χ4n) is 2.36. The summed E-state index contributed by atoms with van der Waals surface area (Å²) < 4.78 is 0. The number of nitrogens with zero attached hydrogens (tertiary/aromatic N) is 1. The van der Waals surface area contributed by atoms with E-state index in [1.807, 2.05) is 6.07 Å². The van der Waals surface area contributed by atoms with E-state index in [9.17, 15) is 4.79 Å². The van der Waals surface area contributed by atoms with Crippen molar-refractivity contribution >= 4 is 0 Å². The van der Waals surface area contributed by atoms with Crippen LogP contribution >= 0.6 is 0 Å². The van der Waals surface area contributed by atoms with Gasteiger partial charge < -0.3 is 0 Å². The molecule has 0 saturated heterocycles. The molecule has 0 atom stereocenters. The number of H-pyrrole nitrogens is 1. The van der Waals surface area contributed by atoms with Gasteiger partial charge in [-0.2, -0.15) is 5.10 Å². The van der Waals surface area contributed by atoms with Gasteiger partial charge in [0.05, 0.1) is 5.69 Å². The van der Waals surface area contributed by atoms with Crippen molar-refractivity contribution in [3.8, 4) is 0 Å². The van der Waals surface area contributed by atoms with E-state index < -0.39 is 0 Å². The van der Waals surface area contributed by atoms with Gasteiger partial charge in [-0.15, -0.1) is 0 Å². The zero-order chi connectivity index (χ0) is 10.7. The van der Waals surface area contributed by atoms with Crippen molar-refractivity contribution in [1.82, 2.24) is 10.2 Å². The highest BCUT2D eigenvalue weighted by Gasteiger charge is 2.18. The molecular weight excluding hydrogens is 188 g/mol. The molecule has 0 radical (unpaired) electrons. The summed E-state index contributed by atoms with van der Waals surface area (Å²) in [4.78, 5) is 11.7. The van der Waals surface area contributed by atoms with Crippen LogP contribution in [-0.4, -0.2) is 10.2 Å². The van der Waals surface area contributed by atoms with Gasteiger partial charge in [-0.05, 0) is 31.2 Å². The fourth-order valence-corrected chi connectivity index (χ4v) is 2.36. The summed E-state index contributed by atoms with van der Waals surface area (Å²) in [5.41, 5.74) is 1.97. The Bertz CT molecular complexity index is 377. The molecular formula is C12H18N2O. The Labute approximate surface area is 89.9 Å². The average Bonchev–Trinajstić information content (AvgIpc) is 2.31. The molecule has 82 valence electrons. The van der Waals surface area contributed by atoms with Gasteiger partial charge >= 0.3 is 0 Å². The molecule has 2 rings (SSSR count). The van der Waals surface area contributed by atoms with Crippen molar-refractivity contribution < 1.29 is 0 Å². The standard InChI is InChI=1S/C12H18N2O/c1-2-10-8-11(12(15)14-13-10)9-6-4-3-5-7-9/h8-9H,2-7H2,1H3,(H,14,15). The van der Waals surface area contributed by atoms with Crippen LogP contribution < -0.4 is 5.56 Å². The molecule has 0 aromatic carbocycles. The van der Waals surface area contributed by atoms with Gasteiger partial charge in [0, 0.05) is 5.56 Å². The Morgan fingerprint density at radius 2 is 2.13 bits per heavy atom. The van der Waals surface area contributed by atoms with Crippen LogP contribution in [0.1, 0.15) is 56.2 Å². The lowest BCUT2D eigenvalue weighted by molar-refractivity contribution is 0.440. The van der Waals surface area contributed by atoms with E-state index in [0.29, 0.717) is 5.92 Å². The van der Waals surface area contributed by atoms with E-state index in [2.05, 4.69) is 17.1 Å². The number of nitrogens with one attached hydrogen (secondary N) is 1. The topological polar surface area (TPSA) is 45.8 Å². The first-order valence-electron chi connectivity index (χ1n) is 5.89. The van der Waals surface area contributed by atoms with Crippen LogP contribution in [0.15, 0.2) is 10.9 Å². The van der Waals surface area contributed by atoms with Crippen molar-refractivity contribution in [2.24, 2.45) is 0 Å². The number of hydrogen-bond acceptors (Lipinski definition) is 2. The van der Waals surface area contributed by atoms with Crippen LogP contribution in [0.2, 0.25) is 0 Å². The number of aromatic amines is 1. The maximum Gasteiger partial charge on any atom is 0.267 e. The monoisotopic (exact) mass is 206 g/mol. The smallest absolute Gasteiger partial charge is 0.267 e. The van der Waals surface area contributed by atoms with E-state index in [1.165, 1.54) is 19.3 Å². The second kappa shape index (κ2) is 4.60. The predicted octanol–water partition coefficient (Wildman–Crippen LogP) is 2.38. The first-order chi connectivity index (χ1) is 7.31. The molecule has 1 aliphatic rings. The molecule has 1 fully saturated rings. The zero-order valence-electron chi connectivity index (χ0n) is 9.25. The average molecular weight is 206 g/mol. The third-order valence-corrected chi connectivity index (χ3v) is 3.29. The molecule has 1 aromatic heterocycles. The highest BCUT2D eigenvalue weighted by Crippen LogP contribution is 2.30. The molecule has 1 heterocycles. The minimum atomic E-state index is 0.0131. The second-order valence-electron chi connectivity index (χ2n) is 4.33. The van der Waals surface area contributed by atoms with Gasteiger partial charge in [-0.25, -0.2) is 5.10 Å². The number of rotatable bonds is 2. The van der Waals surface area contributed by atoms with Gasteiger partial charge in [0.25, 0.3) is 5.56 Å². The molecule has 0 unspecified atom stereocenters. The maximum absolute atomic E-state index is 11.7. The molecule has 1 aliphatic carbocycles. The lowest BCUT2D eigenvalue weighted by Crippen LogP contribution is -2.20. The van der Waals surface area contributed by atoms with Gasteiger partial charge in [-0.1, -0.05) is 26.2 Å². The lowest BCUT2D eigenvalue weighted by Gasteiger charge is -2.21. The summed E-state index contributed by atoms with van der Waals surface area (Å²) in [5, 5.41) is 6.63. The molecule has 0 amide bonds. The summed E-state index contributed by atoms with van der Waals surface area (Å²) in [6.45, 7) is 2.06. The van der Waals surface area contributed by atoms with Gasteiger partial charge in [0.2, 0.25) is 0 Å². The minimum Gasteiger partial charge on any atom is -0.268 e. The molecule has 0 spiro atoms. The van der Waals surface area contributed by atoms with Crippen LogP contribution in [0.3, 0.4) is 0 Å². The van der Waals surface area contributed by atoms with E-state index in [4.69, 9.17) is 0 Å². The van der Waals surface area contributed by atoms with Gasteiger partial charge in [0.1, 0.15) is 0 Å². The summed E-state index contributed by atoms with van der Waals surface area (Å²) in [5.74, 6) is 0.468. The zero-order valence-corrected chi connectivity index (χ0v) is 9.25. The van der Waals surface area contributed by atoms with Crippen LogP contribution in [0, 0.1) is 0 Å². The molecule has 1 N–H and O–H groups in total. The largest absolute Gasteiger partial charge is 0.268 e. The molecule has 1 saturated carbocycles. The first-order valence-corrected chi connectivity index (χ1v) is 5.89. The van der Waals surface area contributed by atoms with Gasteiger partial charge in [-0.3, -0.25) is 4.79 Å². The van der Waals surface area contributed by atoms with Crippen molar-refractivity contribution in [2.45, 2.75) is 51.4 Å². The Kier molecular flexibility index (Phi) is 3.19. The Morgan fingerprint density at radius 3 is 2.80 bits per heavy atom. The van der Waals surface area contributed by atoms with Crippen molar-refractivity contribution in [2.75, 3.05) is 0 Å². The highest BCUT2D eigenvalue weighted by molar-refractivity contribution is 5.18. The van der Waals surface area contributed by atoms with E-state index in [-0.39, 0.29) is 5.56 Å². The van der Waals surface area contributed by atoms with Crippen molar-refractivity contribution in [1.29, 1.82) is 0 Å². The van der Waals surface area contributed by atoms with Gasteiger partial charge in [0.15, 0.2) is 0 Å². The Morgan fingerprint density at radius 1 is 1.40 bits per heavy atom. The molecule has 1 aromatic rings. The van der Waals surface area contributed by atoms with E-state index in [0.717, 1.165) is 30.5 Å². The third-order valence-electron chi connectivity index (χ3n) is 3.29. The summed E-state index contributed by atoms with van der Waals surface area (Å²) in [7, 11) is 0. The second-order valence-corrected chi connectivity index (χ2v) is 4.33. The first kappa shape index (κ1) is 10.4. The lowest BCUT2D eigenvalue weighted by atomic mass is 9.84. The summed E-state index contributed by atoms with van der Waals surface area (Å²) in [6.07, 6.45) is 7.05. The minimum absolute atomic E-state index is 0.0131. The Balaban J connectivity index is 2.28. The summed E-state index contributed by atoms with van der Waals surface area (Å²) in [6, 6.07) is 1.99. The quantitative estimate of drug-likeness (QED) is 0.807. The normalized spacial score (nSPS) is 17.9. The van der Waals surface area contributed by atoms with Crippen LogP contribution in [0.25, 0.3) is 0 Å². The van der Waals surface area contributed by atoms with Crippen molar-refractivity contribution in [3.63, 3.8) is 0 Å². The Hall–Kier alpha value is -1.12. The molecule has 0 aliphatic heterocycles. The number of aryl methyl sites for hydroxylation is 1. The molecule has 15 heavy (non-hydrogen) atoms. The molecule has 0 bridgehead atoms. The fraction of sp³-hybridized carbons (Fsp3) is 0.667. The van der Waals surface area contributed by atoms with Crippen LogP contribution in [0.4, 0.5) is 0 Å². The third kappa shape index (κ3) is 2.28. The van der Waals surface area contributed by atoms with E-state index in [1.54, 1.807) is 0 Å². The summed E-state index contributed by atoms with van der Waals surface area (Å²) >= 11 is 0. The van der Waals surface area contributed by atoms with Crippen LogP contribution in [-0.2, 0) is 6.42 Å².